The maximum atomic E-state index is 6.01. The molecule has 0 saturated heterocycles. The highest BCUT2D eigenvalue weighted by Crippen LogP contribution is 2.34. The number of nitrogens with zero attached hydrogens (tertiary/aromatic N) is 2. The van der Waals surface area contributed by atoms with Gasteiger partial charge in [-0.1, -0.05) is 25.4 Å². The average molecular weight is 252 g/mol. The molecule has 1 unspecified atom stereocenters. The Morgan fingerprint density at radius 2 is 1.94 bits per heavy atom. The predicted octanol–water partition coefficient (Wildman–Crippen LogP) is 2.89. The summed E-state index contributed by atoms with van der Waals surface area (Å²) in [6.45, 7) is 7.31. The Balaban J connectivity index is 2.41. The third-order valence-electron chi connectivity index (χ3n) is 3.63. The molecule has 0 aromatic heterocycles. The van der Waals surface area contributed by atoms with Crippen molar-refractivity contribution in [2.45, 2.75) is 26.3 Å². The Morgan fingerprint density at radius 3 is 2.47 bits per heavy atom. The lowest BCUT2D eigenvalue weighted by atomic mass is 9.87. The van der Waals surface area contributed by atoms with E-state index in [4.69, 9.17) is 17.3 Å². The van der Waals surface area contributed by atoms with E-state index >= 15 is 0 Å². The molecule has 0 aliphatic carbocycles. The van der Waals surface area contributed by atoms with E-state index in [-0.39, 0.29) is 5.54 Å². The van der Waals surface area contributed by atoms with E-state index in [9.17, 15) is 0 Å². The van der Waals surface area contributed by atoms with Gasteiger partial charge in [-0.3, -0.25) is 4.99 Å². The van der Waals surface area contributed by atoms with Crippen LogP contribution in [0, 0.1) is 5.92 Å². The Hall–Kier alpha value is -1.22. The average Bonchev–Trinajstić information content (AvgIpc) is 2.58. The zero-order valence-corrected chi connectivity index (χ0v) is 11.2. The molecule has 0 fully saturated rings. The first-order valence-electron chi connectivity index (χ1n) is 5.81. The third kappa shape index (κ3) is 2.00. The van der Waals surface area contributed by atoms with E-state index in [2.05, 4.69) is 30.7 Å². The molecule has 1 heterocycles. The zero-order valence-electron chi connectivity index (χ0n) is 10.4. The quantitative estimate of drug-likeness (QED) is 0.878. The van der Waals surface area contributed by atoms with Gasteiger partial charge in [0, 0.05) is 10.7 Å². The molecule has 0 bridgehead atoms. The summed E-state index contributed by atoms with van der Waals surface area (Å²) < 4.78 is 0. The van der Waals surface area contributed by atoms with Crippen molar-refractivity contribution in [3.63, 3.8) is 0 Å². The molecule has 1 aliphatic rings. The van der Waals surface area contributed by atoms with Gasteiger partial charge >= 0.3 is 0 Å². The van der Waals surface area contributed by atoms with E-state index in [1.54, 1.807) is 0 Å². The van der Waals surface area contributed by atoms with Crippen LogP contribution < -0.4 is 10.6 Å². The van der Waals surface area contributed by atoms with E-state index in [1.807, 2.05) is 24.3 Å². The van der Waals surface area contributed by atoms with Gasteiger partial charge in [0.25, 0.3) is 0 Å². The monoisotopic (exact) mass is 251 g/mol. The van der Waals surface area contributed by atoms with Gasteiger partial charge in [0.1, 0.15) is 0 Å². The number of guanidine groups is 1. The first kappa shape index (κ1) is 12.2. The highest BCUT2D eigenvalue weighted by molar-refractivity contribution is 6.30. The molecule has 1 aromatic carbocycles. The molecule has 0 spiro atoms. The molecule has 2 N–H and O–H groups in total. The van der Waals surface area contributed by atoms with Crippen LogP contribution in [0.25, 0.3) is 0 Å². The third-order valence-corrected chi connectivity index (χ3v) is 3.88. The number of benzene rings is 1. The van der Waals surface area contributed by atoms with Crippen molar-refractivity contribution in [1.29, 1.82) is 0 Å². The largest absolute Gasteiger partial charge is 0.369 e. The van der Waals surface area contributed by atoms with Gasteiger partial charge in [-0.25, -0.2) is 0 Å². The van der Waals surface area contributed by atoms with Gasteiger partial charge in [-0.15, -0.1) is 0 Å². The summed E-state index contributed by atoms with van der Waals surface area (Å²) in [5.74, 6) is 1.05. The number of halogens is 1. The van der Waals surface area contributed by atoms with Crippen LogP contribution in [0.15, 0.2) is 29.3 Å². The van der Waals surface area contributed by atoms with Crippen LogP contribution in [0.2, 0.25) is 5.02 Å². The summed E-state index contributed by atoms with van der Waals surface area (Å²) in [7, 11) is 0. The molecule has 0 radical (unpaired) electrons. The first-order valence-corrected chi connectivity index (χ1v) is 6.18. The normalized spacial score (nSPS) is 24.3. The second-order valence-electron chi connectivity index (χ2n) is 5.00. The molecule has 3 nitrogen and oxygen atoms in total. The van der Waals surface area contributed by atoms with Gasteiger partial charge in [0.05, 0.1) is 12.1 Å². The van der Waals surface area contributed by atoms with Crippen molar-refractivity contribution in [3.05, 3.63) is 29.3 Å². The molecule has 4 heteroatoms. The van der Waals surface area contributed by atoms with Crippen molar-refractivity contribution < 1.29 is 0 Å². The fourth-order valence-corrected chi connectivity index (χ4v) is 2.23. The number of hydrogen-bond donors (Lipinski definition) is 1. The minimum Gasteiger partial charge on any atom is -0.369 e. The molecule has 17 heavy (non-hydrogen) atoms. The number of hydrogen-bond acceptors (Lipinski definition) is 3. The maximum absolute atomic E-state index is 6.01. The van der Waals surface area contributed by atoms with E-state index in [1.165, 1.54) is 0 Å². The van der Waals surface area contributed by atoms with E-state index in [0.29, 0.717) is 11.9 Å². The standard InChI is InChI=1S/C13H18ClN3/c1-9(2)13(3)8-16-12(15)17(13)11-6-4-10(14)5-7-11/h4-7,9H,8H2,1-3H3,(H2,15,16). The van der Waals surface area contributed by atoms with Crippen molar-refractivity contribution in [1.82, 2.24) is 0 Å². The molecule has 0 saturated carbocycles. The van der Waals surface area contributed by atoms with Crippen molar-refractivity contribution >= 4 is 23.2 Å². The summed E-state index contributed by atoms with van der Waals surface area (Å²) in [6, 6.07) is 7.72. The summed E-state index contributed by atoms with van der Waals surface area (Å²) in [5.41, 5.74) is 6.99. The maximum Gasteiger partial charge on any atom is 0.196 e. The molecule has 1 atom stereocenters. The van der Waals surface area contributed by atoms with Gasteiger partial charge in [0.15, 0.2) is 5.96 Å². The minimum atomic E-state index is -0.0576. The van der Waals surface area contributed by atoms with E-state index in [0.717, 1.165) is 17.3 Å². The van der Waals surface area contributed by atoms with Crippen LogP contribution in [0.4, 0.5) is 5.69 Å². The Labute approximate surface area is 107 Å². The molecule has 2 rings (SSSR count). The topological polar surface area (TPSA) is 41.6 Å². The van der Waals surface area contributed by atoms with Crippen LogP contribution >= 0.6 is 11.6 Å². The van der Waals surface area contributed by atoms with Crippen LogP contribution in [0.5, 0.6) is 0 Å². The number of rotatable bonds is 2. The van der Waals surface area contributed by atoms with Crippen molar-refractivity contribution in [2.75, 3.05) is 11.4 Å². The van der Waals surface area contributed by atoms with Gasteiger partial charge in [-0.05, 0) is 37.1 Å². The second kappa shape index (κ2) is 4.22. The highest BCUT2D eigenvalue weighted by Gasteiger charge is 2.41. The fourth-order valence-electron chi connectivity index (χ4n) is 2.10. The van der Waals surface area contributed by atoms with Crippen molar-refractivity contribution in [2.24, 2.45) is 16.6 Å². The summed E-state index contributed by atoms with van der Waals surface area (Å²) in [6.07, 6.45) is 0. The molecule has 0 amide bonds. The molecular formula is C13H18ClN3. The Bertz CT molecular complexity index is 438. The van der Waals surface area contributed by atoms with Crippen LogP contribution in [0.1, 0.15) is 20.8 Å². The summed E-state index contributed by atoms with van der Waals surface area (Å²) in [4.78, 5) is 6.48. The van der Waals surface area contributed by atoms with Crippen LogP contribution in [-0.2, 0) is 0 Å². The minimum absolute atomic E-state index is 0.0576. The SMILES string of the molecule is CC(C)C1(C)CN=C(N)N1c1ccc(Cl)cc1. The first-order chi connectivity index (χ1) is 7.95. The van der Waals surface area contributed by atoms with E-state index < -0.39 is 0 Å². The number of anilines is 1. The van der Waals surface area contributed by atoms with Crippen LogP contribution in [-0.4, -0.2) is 18.0 Å². The summed E-state index contributed by atoms with van der Waals surface area (Å²) >= 11 is 5.91. The second-order valence-corrected chi connectivity index (χ2v) is 5.43. The van der Waals surface area contributed by atoms with Gasteiger partial charge < -0.3 is 10.6 Å². The molecular weight excluding hydrogens is 234 g/mol. The zero-order chi connectivity index (χ0) is 12.6. The van der Waals surface area contributed by atoms with Crippen LogP contribution in [0.3, 0.4) is 0 Å². The van der Waals surface area contributed by atoms with Crippen molar-refractivity contribution in [3.8, 4) is 0 Å². The Kier molecular flexibility index (Phi) is 3.04. The fraction of sp³-hybridized carbons (Fsp3) is 0.462. The lowest BCUT2D eigenvalue weighted by Gasteiger charge is -2.39. The number of nitrogens with two attached hydrogens (primary N) is 1. The predicted molar refractivity (Wildman–Crippen MR) is 73.7 cm³/mol. The lowest BCUT2D eigenvalue weighted by Crippen LogP contribution is -2.53. The Morgan fingerprint density at radius 1 is 1.35 bits per heavy atom. The number of aliphatic imine (C=N–C) groups is 1. The van der Waals surface area contributed by atoms with Gasteiger partial charge in [0.2, 0.25) is 0 Å². The molecule has 1 aliphatic heterocycles. The van der Waals surface area contributed by atoms with Gasteiger partial charge in [-0.2, -0.15) is 0 Å². The smallest absolute Gasteiger partial charge is 0.196 e. The summed E-state index contributed by atoms with van der Waals surface area (Å²) in [5, 5.41) is 0.731. The highest BCUT2D eigenvalue weighted by atomic mass is 35.5. The lowest BCUT2D eigenvalue weighted by molar-refractivity contribution is 0.366. The molecule has 1 aromatic rings. The molecule has 92 valence electrons.